The van der Waals surface area contributed by atoms with Gasteiger partial charge in [-0.25, -0.2) is 9.97 Å². The van der Waals surface area contributed by atoms with Crippen molar-refractivity contribution >= 4 is 17.4 Å². The molecule has 0 aliphatic rings. The molecule has 5 heteroatoms. The van der Waals surface area contributed by atoms with Crippen molar-refractivity contribution in [3.63, 3.8) is 0 Å². The highest BCUT2D eigenvalue weighted by Crippen LogP contribution is 2.05. The lowest BCUT2D eigenvalue weighted by molar-refractivity contribution is 0.303. The molecule has 1 rings (SSSR count). The van der Waals surface area contributed by atoms with Crippen LogP contribution in [0.1, 0.15) is 20.3 Å². The molecular formula is C11H19ClN4. The molecule has 0 amide bonds. The molecule has 0 unspecified atom stereocenters. The zero-order chi connectivity index (χ0) is 11.8. The first-order valence-electron chi connectivity index (χ1n) is 5.71. The quantitative estimate of drug-likeness (QED) is 0.588. The van der Waals surface area contributed by atoms with Crippen LogP contribution in [0.25, 0.3) is 0 Å². The van der Waals surface area contributed by atoms with E-state index in [1.165, 1.54) is 0 Å². The average Bonchev–Trinajstić information content (AvgIpc) is 2.29. The van der Waals surface area contributed by atoms with Crippen molar-refractivity contribution in [2.24, 2.45) is 0 Å². The second-order valence-electron chi connectivity index (χ2n) is 3.52. The summed E-state index contributed by atoms with van der Waals surface area (Å²) in [5.41, 5.74) is 0. The third-order valence-corrected chi connectivity index (χ3v) is 2.66. The van der Waals surface area contributed by atoms with Crippen LogP contribution in [0.15, 0.2) is 12.3 Å². The van der Waals surface area contributed by atoms with E-state index in [1.54, 1.807) is 6.20 Å². The van der Waals surface area contributed by atoms with Gasteiger partial charge in [0.25, 0.3) is 0 Å². The van der Waals surface area contributed by atoms with Crippen LogP contribution >= 0.6 is 11.6 Å². The summed E-state index contributed by atoms with van der Waals surface area (Å²) >= 11 is 5.68. The van der Waals surface area contributed by atoms with Crippen molar-refractivity contribution in [2.45, 2.75) is 20.3 Å². The molecule has 16 heavy (non-hydrogen) atoms. The fourth-order valence-electron chi connectivity index (χ4n) is 1.49. The maximum Gasteiger partial charge on any atom is 0.224 e. The number of halogens is 1. The molecule has 4 nitrogen and oxygen atoms in total. The second kappa shape index (κ2) is 7.41. The zero-order valence-corrected chi connectivity index (χ0v) is 10.7. The molecule has 0 bridgehead atoms. The Hall–Kier alpha value is -0.870. The third kappa shape index (κ3) is 4.77. The topological polar surface area (TPSA) is 41.0 Å². The Bertz CT molecular complexity index is 302. The summed E-state index contributed by atoms with van der Waals surface area (Å²) in [6, 6.07) is 1.82. The summed E-state index contributed by atoms with van der Waals surface area (Å²) in [5.74, 6) is 0.791. The lowest BCUT2D eigenvalue weighted by Gasteiger charge is -2.17. The number of hydrogen-bond acceptors (Lipinski definition) is 4. The fraction of sp³-hybridized carbons (Fsp3) is 0.636. The fourth-order valence-corrected chi connectivity index (χ4v) is 1.64. The second-order valence-corrected chi connectivity index (χ2v) is 3.86. The van der Waals surface area contributed by atoms with Crippen molar-refractivity contribution in [3.8, 4) is 0 Å². The maximum absolute atomic E-state index is 5.68. The van der Waals surface area contributed by atoms with Crippen LogP contribution in [0, 0.1) is 0 Å². The Balaban J connectivity index is 2.20. The first-order chi connectivity index (χ1) is 7.76. The van der Waals surface area contributed by atoms with Gasteiger partial charge in [-0.15, -0.1) is 0 Å². The van der Waals surface area contributed by atoms with E-state index in [0.717, 1.165) is 38.4 Å². The minimum absolute atomic E-state index is 0.286. The van der Waals surface area contributed by atoms with E-state index in [-0.39, 0.29) is 5.28 Å². The monoisotopic (exact) mass is 242 g/mol. The van der Waals surface area contributed by atoms with Gasteiger partial charge in [0.05, 0.1) is 0 Å². The molecule has 1 heterocycles. The smallest absolute Gasteiger partial charge is 0.224 e. The van der Waals surface area contributed by atoms with E-state index in [1.807, 2.05) is 6.07 Å². The number of anilines is 1. The Kier molecular flexibility index (Phi) is 6.11. The normalized spacial score (nSPS) is 10.8. The molecule has 0 atom stereocenters. The van der Waals surface area contributed by atoms with E-state index < -0.39 is 0 Å². The highest BCUT2D eigenvalue weighted by Gasteiger charge is 1.99. The number of nitrogens with zero attached hydrogens (tertiary/aromatic N) is 3. The minimum atomic E-state index is 0.286. The first kappa shape index (κ1) is 13.2. The summed E-state index contributed by atoms with van der Waals surface area (Å²) in [6.07, 6.45) is 2.76. The SMILES string of the molecule is CCN(CC)CCCNc1ccnc(Cl)n1. The molecule has 1 aromatic rings. The summed E-state index contributed by atoms with van der Waals surface area (Å²) in [7, 11) is 0. The molecule has 0 spiro atoms. The predicted octanol–water partition coefficient (Wildman–Crippen LogP) is 2.27. The maximum atomic E-state index is 5.68. The van der Waals surface area contributed by atoms with Gasteiger partial charge < -0.3 is 10.2 Å². The van der Waals surface area contributed by atoms with Crippen molar-refractivity contribution in [3.05, 3.63) is 17.5 Å². The molecule has 0 aliphatic heterocycles. The first-order valence-corrected chi connectivity index (χ1v) is 6.08. The van der Waals surface area contributed by atoms with Crippen LogP contribution in [-0.2, 0) is 0 Å². The van der Waals surface area contributed by atoms with Crippen LogP contribution in [0.2, 0.25) is 5.28 Å². The van der Waals surface area contributed by atoms with E-state index >= 15 is 0 Å². The number of aromatic nitrogens is 2. The molecule has 1 aromatic heterocycles. The molecular weight excluding hydrogens is 224 g/mol. The summed E-state index contributed by atoms with van der Waals surface area (Å²) in [5, 5.41) is 3.51. The van der Waals surface area contributed by atoms with Gasteiger partial charge in [-0.05, 0) is 43.7 Å². The predicted molar refractivity (Wildman–Crippen MR) is 67.9 cm³/mol. The van der Waals surface area contributed by atoms with Gasteiger partial charge in [-0.1, -0.05) is 13.8 Å². The van der Waals surface area contributed by atoms with Crippen molar-refractivity contribution < 1.29 is 0 Å². The Labute approximate surface area is 102 Å². The minimum Gasteiger partial charge on any atom is -0.370 e. The molecule has 0 aromatic carbocycles. The van der Waals surface area contributed by atoms with Gasteiger partial charge in [-0.2, -0.15) is 0 Å². The van der Waals surface area contributed by atoms with Gasteiger partial charge in [0.15, 0.2) is 0 Å². The van der Waals surface area contributed by atoms with Gasteiger partial charge in [-0.3, -0.25) is 0 Å². The summed E-state index contributed by atoms with van der Waals surface area (Å²) in [4.78, 5) is 10.3. The molecule has 0 fully saturated rings. The van der Waals surface area contributed by atoms with Crippen LogP contribution in [0.3, 0.4) is 0 Å². The van der Waals surface area contributed by atoms with E-state index in [9.17, 15) is 0 Å². The molecule has 90 valence electrons. The summed E-state index contributed by atoms with van der Waals surface area (Å²) in [6.45, 7) is 8.59. The lowest BCUT2D eigenvalue weighted by Crippen LogP contribution is -2.25. The van der Waals surface area contributed by atoms with Crippen LogP contribution < -0.4 is 5.32 Å². The van der Waals surface area contributed by atoms with Crippen molar-refractivity contribution in [1.29, 1.82) is 0 Å². The Morgan fingerprint density at radius 2 is 2.12 bits per heavy atom. The standard InChI is InChI=1S/C11H19ClN4/c1-3-16(4-2)9-5-7-13-10-6-8-14-11(12)15-10/h6,8H,3-5,7,9H2,1-2H3,(H,13,14,15). The lowest BCUT2D eigenvalue weighted by atomic mass is 10.3. The zero-order valence-electron chi connectivity index (χ0n) is 9.91. The van der Waals surface area contributed by atoms with Gasteiger partial charge >= 0.3 is 0 Å². The summed E-state index contributed by atoms with van der Waals surface area (Å²) < 4.78 is 0. The molecule has 1 N–H and O–H groups in total. The largest absolute Gasteiger partial charge is 0.370 e. The van der Waals surface area contributed by atoms with Crippen molar-refractivity contribution in [2.75, 3.05) is 31.5 Å². The van der Waals surface area contributed by atoms with Crippen LogP contribution in [0.4, 0.5) is 5.82 Å². The van der Waals surface area contributed by atoms with Crippen molar-refractivity contribution in [1.82, 2.24) is 14.9 Å². The third-order valence-electron chi connectivity index (χ3n) is 2.48. The Morgan fingerprint density at radius 3 is 2.75 bits per heavy atom. The highest BCUT2D eigenvalue weighted by molar-refractivity contribution is 6.28. The van der Waals surface area contributed by atoms with Gasteiger partial charge in [0.1, 0.15) is 5.82 Å². The number of nitrogens with one attached hydrogen (secondary N) is 1. The van der Waals surface area contributed by atoms with Crippen LogP contribution in [-0.4, -0.2) is 41.0 Å². The Morgan fingerprint density at radius 1 is 1.38 bits per heavy atom. The highest BCUT2D eigenvalue weighted by atomic mass is 35.5. The van der Waals surface area contributed by atoms with E-state index in [4.69, 9.17) is 11.6 Å². The molecule has 0 saturated carbocycles. The van der Waals surface area contributed by atoms with Crippen LogP contribution in [0.5, 0.6) is 0 Å². The number of hydrogen-bond donors (Lipinski definition) is 1. The van der Waals surface area contributed by atoms with Gasteiger partial charge in [0, 0.05) is 12.7 Å². The van der Waals surface area contributed by atoms with E-state index in [0.29, 0.717) is 0 Å². The molecule has 0 aliphatic carbocycles. The average molecular weight is 243 g/mol. The van der Waals surface area contributed by atoms with E-state index in [2.05, 4.69) is 34.0 Å². The molecule has 0 saturated heterocycles. The number of rotatable bonds is 7. The van der Waals surface area contributed by atoms with Gasteiger partial charge in [0.2, 0.25) is 5.28 Å². The molecule has 0 radical (unpaired) electrons.